The van der Waals surface area contributed by atoms with Gasteiger partial charge in [-0.15, -0.1) is 0 Å². The van der Waals surface area contributed by atoms with Crippen LogP contribution in [-0.4, -0.2) is 38.0 Å². The standard InChI is InChI=1S/C26H26N4O5/c1-33-20-13-22(35-3)21(34-2)12-16(20)23-17(14-27)25(28)30(18-10-7-11-19(31)24(18)23)29-26(32)15-8-5-4-6-9-15/h4-6,8-9,12-13,23H,7,10-11,28H2,1-3H3,(H,29,32). The highest BCUT2D eigenvalue weighted by molar-refractivity contribution is 6.00. The van der Waals surface area contributed by atoms with Crippen molar-refractivity contribution < 1.29 is 23.8 Å². The average molecular weight is 475 g/mol. The van der Waals surface area contributed by atoms with E-state index in [1.54, 1.807) is 42.5 Å². The number of Topliss-reactive ketones (excluding diaryl/α,β-unsaturated/α-hetero) is 1. The third-order valence-corrected chi connectivity index (χ3v) is 6.21. The van der Waals surface area contributed by atoms with E-state index < -0.39 is 11.8 Å². The SMILES string of the molecule is COc1cc(OC)c(C2C(C#N)=C(N)N(NC(=O)c3ccccc3)C3=C2C(=O)CCC3)cc1OC. The van der Waals surface area contributed by atoms with Crippen LogP contribution < -0.4 is 25.4 Å². The number of ether oxygens (including phenoxy) is 3. The van der Waals surface area contributed by atoms with E-state index >= 15 is 0 Å². The summed E-state index contributed by atoms with van der Waals surface area (Å²) in [5.74, 6) is 0.0181. The molecule has 0 bridgehead atoms. The Morgan fingerprint density at radius 1 is 1.06 bits per heavy atom. The Hall–Kier alpha value is -4.45. The van der Waals surface area contributed by atoms with E-state index in [1.165, 1.54) is 26.3 Å². The molecule has 0 aromatic heterocycles. The summed E-state index contributed by atoms with van der Waals surface area (Å²) >= 11 is 0. The van der Waals surface area contributed by atoms with Gasteiger partial charge in [-0.25, -0.2) is 5.01 Å². The maximum Gasteiger partial charge on any atom is 0.270 e. The first-order valence-corrected chi connectivity index (χ1v) is 11.1. The molecular formula is C26H26N4O5. The molecule has 9 nitrogen and oxygen atoms in total. The van der Waals surface area contributed by atoms with Gasteiger partial charge in [0.15, 0.2) is 17.3 Å². The van der Waals surface area contributed by atoms with Gasteiger partial charge >= 0.3 is 0 Å². The number of nitrogens with one attached hydrogen (secondary N) is 1. The number of hydrazine groups is 1. The highest BCUT2D eigenvalue weighted by atomic mass is 16.5. The Morgan fingerprint density at radius 2 is 1.71 bits per heavy atom. The fraction of sp³-hybridized carbons (Fsp3) is 0.269. The minimum Gasteiger partial charge on any atom is -0.496 e. The highest BCUT2D eigenvalue weighted by Gasteiger charge is 2.42. The van der Waals surface area contributed by atoms with E-state index in [2.05, 4.69) is 11.5 Å². The fourth-order valence-corrected chi connectivity index (χ4v) is 4.56. The van der Waals surface area contributed by atoms with Crippen LogP contribution in [0.2, 0.25) is 0 Å². The van der Waals surface area contributed by atoms with Crippen LogP contribution >= 0.6 is 0 Å². The fourth-order valence-electron chi connectivity index (χ4n) is 4.56. The molecule has 0 radical (unpaired) electrons. The molecule has 9 heteroatoms. The molecule has 2 aromatic rings. The van der Waals surface area contributed by atoms with Crippen molar-refractivity contribution in [1.29, 1.82) is 5.26 Å². The molecule has 0 saturated heterocycles. The molecule has 180 valence electrons. The van der Waals surface area contributed by atoms with Crippen molar-refractivity contribution in [1.82, 2.24) is 10.4 Å². The lowest BCUT2D eigenvalue weighted by Crippen LogP contribution is -2.48. The number of allylic oxidation sites excluding steroid dienone is 3. The van der Waals surface area contributed by atoms with E-state index in [0.717, 1.165) is 0 Å². The predicted molar refractivity (Wildman–Crippen MR) is 127 cm³/mol. The molecule has 1 heterocycles. The largest absolute Gasteiger partial charge is 0.496 e. The molecule has 0 fully saturated rings. The Morgan fingerprint density at radius 3 is 2.34 bits per heavy atom. The van der Waals surface area contributed by atoms with Crippen LogP contribution in [0.1, 0.15) is 41.1 Å². The molecule has 0 spiro atoms. The second-order valence-electron chi connectivity index (χ2n) is 8.07. The summed E-state index contributed by atoms with van der Waals surface area (Å²) in [6.07, 6.45) is 1.42. The summed E-state index contributed by atoms with van der Waals surface area (Å²) < 4.78 is 16.5. The van der Waals surface area contributed by atoms with Gasteiger partial charge in [-0.2, -0.15) is 5.26 Å². The van der Waals surface area contributed by atoms with E-state index in [0.29, 0.717) is 58.9 Å². The zero-order chi connectivity index (χ0) is 25.1. The van der Waals surface area contributed by atoms with Crippen molar-refractivity contribution >= 4 is 11.7 Å². The van der Waals surface area contributed by atoms with Gasteiger partial charge < -0.3 is 19.9 Å². The van der Waals surface area contributed by atoms with Crippen LogP contribution in [0.3, 0.4) is 0 Å². The number of hydrogen-bond donors (Lipinski definition) is 2. The number of carbonyl (C=O) groups excluding carboxylic acids is 2. The third-order valence-electron chi connectivity index (χ3n) is 6.21. The minimum atomic E-state index is -0.789. The van der Waals surface area contributed by atoms with E-state index in [1.807, 2.05) is 0 Å². The highest BCUT2D eigenvalue weighted by Crippen LogP contribution is 2.48. The Labute approximate surface area is 203 Å². The summed E-state index contributed by atoms with van der Waals surface area (Å²) in [5, 5.41) is 11.6. The number of nitrogens with zero attached hydrogens (tertiary/aromatic N) is 2. The molecule has 1 unspecified atom stereocenters. The monoisotopic (exact) mass is 474 g/mol. The second-order valence-corrected chi connectivity index (χ2v) is 8.07. The minimum absolute atomic E-state index is 0.0482. The topological polar surface area (TPSA) is 127 Å². The number of nitriles is 1. The van der Waals surface area contributed by atoms with Gasteiger partial charge in [-0.1, -0.05) is 18.2 Å². The molecule has 35 heavy (non-hydrogen) atoms. The van der Waals surface area contributed by atoms with Crippen molar-refractivity contribution in [3.8, 4) is 23.3 Å². The molecule has 1 amide bonds. The predicted octanol–water partition coefficient (Wildman–Crippen LogP) is 3.16. The van der Waals surface area contributed by atoms with Gasteiger partial charge in [0.05, 0.1) is 38.9 Å². The first kappa shape index (κ1) is 23.7. The first-order valence-electron chi connectivity index (χ1n) is 11.1. The maximum atomic E-state index is 13.3. The molecule has 2 aliphatic rings. The Bertz CT molecular complexity index is 1280. The van der Waals surface area contributed by atoms with E-state index in [4.69, 9.17) is 19.9 Å². The Balaban J connectivity index is 1.89. The molecule has 4 rings (SSSR count). The van der Waals surface area contributed by atoms with Crippen LogP contribution in [0.25, 0.3) is 0 Å². The second kappa shape index (κ2) is 9.81. The zero-order valence-electron chi connectivity index (χ0n) is 19.8. The summed E-state index contributed by atoms with van der Waals surface area (Å²) in [6.45, 7) is 0. The van der Waals surface area contributed by atoms with E-state index in [9.17, 15) is 14.9 Å². The van der Waals surface area contributed by atoms with Crippen molar-refractivity contribution in [2.75, 3.05) is 21.3 Å². The normalized spacial score (nSPS) is 17.5. The van der Waals surface area contributed by atoms with Crippen molar-refractivity contribution in [2.24, 2.45) is 5.73 Å². The Kier molecular flexibility index (Phi) is 6.64. The molecular weight excluding hydrogens is 448 g/mol. The average Bonchev–Trinajstić information content (AvgIpc) is 2.89. The molecule has 2 aromatic carbocycles. The maximum absolute atomic E-state index is 13.3. The number of methoxy groups -OCH3 is 3. The molecule has 1 aliphatic heterocycles. The number of rotatable bonds is 6. The van der Waals surface area contributed by atoms with Crippen LogP contribution in [0.4, 0.5) is 0 Å². The number of hydrogen-bond acceptors (Lipinski definition) is 8. The van der Waals surface area contributed by atoms with Crippen LogP contribution in [-0.2, 0) is 4.79 Å². The lowest BCUT2D eigenvalue weighted by Gasteiger charge is -2.39. The summed E-state index contributed by atoms with van der Waals surface area (Å²) in [6, 6.07) is 14.1. The van der Waals surface area contributed by atoms with Crippen LogP contribution in [0.15, 0.2) is 65.1 Å². The van der Waals surface area contributed by atoms with Gasteiger partial charge in [0.1, 0.15) is 11.6 Å². The quantitative estimate of drug-likeness (QED) is 0.654. The lowest BCUT2D eigenvalue weighted by molar-refractivity contribution is -0.116. The lowest BCUT2D eigenvalue weighted by atomic mass is 9.75. The number of carbonyl (C=O) groups is 2. The van der Waals surface area contributed by atoms with Crippen LogP contribution in [0, 0.1) is 11.3 Å². The zero-order valence-corrected chi connectivity index (χ0v) is 19.8. The van der Waals surface area contributed by atoms with Crippen molar-refractivity contribution in [3.05, 3.63) is 76.3 Å². The molecule has 0 saturated carbocycles. The number of benzene rings is 2. The van der Waals surface area contributed by atoms with Crippen LogP contribution in [0.5, 0.6) is 17.2 Å². The smallest absolute Gasteiger partial charge is 0.270 e. The number of nitrogens with two attached hydrogens (primary N) is 1. The van der Waals surface area contributed by atoms with Gasteiger partial charge in [0, 0.05) is 34.9 Å². The van der Waals surface area contributed by atoms with Gasteiger partial charge in [0.25, 0.3) is 5.91 Å². The number of amides is 1. The van der Waals surface area contributed by atoms with Crippen molar-refractivity contribution in [2.45, 2.75) is 25.2 Å². The molecule has 1 atom stereocenters. The summed E-state index contributed by atoms with van der Waals surface area (Å²) in [4.78, 5) is 26.2. The number of ketones is 1. The van der Waals surface area contributed by atoms with Crippen molar-refractivity contribution in [3.63, 3.8) is 0 Å². The van der Waals surface area contributed by atoms with Gasteiger partial charge in [-0.3, -0.25) is 15.0 Å². The third kappa shape index (κ3) is 4.15. The molecule has 3 N–H and O–H groups in total. The first-order chi connectivity index (χ1) is 16.9. The van der Waals surface area contributed by atoms with E-state index in [-0.39, 0.29) is 17.2 Å². The van der Waals surface area contributed by atoms with Gasteiger partial charge in [0.2, 0.25) is 0 Å². The summed E-state index contributed by atoms with van der Waals surface area (Å²) in [7, 11) is 4.51. The molecule has 1 aliphatic carbocycles. The summed E-state index contributed by atoms with van der Waals surface area (Å²) in [5.41, 5.74) is 11.3. The van der Waals surface area contributed by atoms with Gasteiger partial charge in [-0.05, 0) is 31.0 Å².